The second-order valence-electron chi connectivity index (χ2n) is 3.63. The standard InChI is InChI=1S/C12H16BrNO2/c1-3-10(13)12(16)14-11-7-5-4-6-9(11)8(2)15/h4-8,10,15H,3H2,1-2H3,(H,14,16). The predicted octanol–water partition coefficient (Wildman–Crippen LogP) is 2.85. The molecule has 1 amide bonds. The van der Waals surface area contributed by atoms with Gasteiger partial charge in [0.1, 0.15) is 0 Å². The van der Waals surface area contributed by atoms with Crippen molar-refractivity contribution in [2.24, 2.45) is 0 Å². The molecule has 88 valence electrons. The lowest BCUT2D eigenvalue weighted by molar-refractivity contribution is -0.115. The van der Waals surface area contributed by atoms with E-state index in [1.807, 2.05) is 19.1 Å². The zero-order chi connectivity index (χ0) is 12.1. The number of amides is 1. The normalized spacial score (nSPS) is 14.2. The van der Waals surface area contributed by atoms with Gasteiger partial charge in [-0.05, 0) is 19.4 Å². The molecule has 0 spiro atoms. The predicted molar refractivity (Wildman–Crippen MR) is 68.7 cm³/mol. The summed E-state index contributed by atoms with van der Waals surface area (Å²) >= 11 is 3.29. The van der Waals surface area contributed by atoms with Crippen molar-refractivity contribution in [2.75, 3.05) is 5.32 Å². The summed E-state index contributed by atoms with van der Waals surface area (Å²) in [4.78, 5) is 11.5. The smallest absolute Gasteiger partial charge is 0.238 e. The van der Waals surface area contributed by atoms with Crippen LogP contribution in [-0.4, -0.2) is 15.8 Å². The van der Waals surface area contributed by atoms with Gasteiger partial charge in [0.25, 0.3) is 0 Å². The van der Waals surface area contributed by atoms with E-state index in [1.165, 1.54) is 0 Å². The summed E-state index contributed by atoms with van der Waals surface area (Å²) in [5.41, 5.74) is 1.40. The number of para-hydroxylation sites is 1. The number of hydrogen-bond acceptors (Lipinski definition) is 2. The maximum Gasteiger partial charge on any atom is 0.238 e. The molecule has 16 heavy (non-hydrogen) atoms. The molecule has 0 fully saturated rings. The summed E-state index contributed by atoms with van der Waals surface area (Å²) in [7, 11) is 0. The molecular formula is C12H16BrNO2. The maximum atomic E-state index is 11.7. The number of rotatable bonds is 4. The third-order valence-electron chi connectivity index (χ3n) is 2.31. The SMILES string of the molecule is CCC(Br)C(=O)Nc1ccccc1C(C)O. The molecule has 0 radical (unpaired) electrons. The van der Waals surface area contributed by atoms with Crippen LogP contribution >= 0.6 is 15.9 Å². The zero-order valence-corrected chi connectivity index (χ0v) is 11.0. The molecule has 0 bridgehead atoms. The van der Waals surface area contributed by atoms with Gasteiger partial charge in [0.2, 0.25) is 5.91 Å². The van der Waals surface area contributed by atoms with E-state index in [4.69, 9.17) is 0 Å². The van der Waals surface area contributed by atoms with Crippen molar-refractivity contribution in [3.63, 3.8) is 0 Å². The van der Waals surface area contributed by atoms with Crippen LogP contribution in [-0.2, 0) is 4.79 Å². The first kappa shape index (κ1) is 13.2. The van der Waals surface area contributed by atoms with Gasteiger partial charge in [-0.25, -0.2) is 0 Å². The Balaban J connectivity index is 2.84. The van der Waals surface area contributed by atoms with E-state index >= 15 is 0 Å². The van der Waals surface area contributed by atoms with Gasteiger partial charge < -0.3 is 10.4 Å². The summed E-state index contributed by atoms with van der Waals surface area (Å²) in [6.45, 7) is 3.61. The monoisotopic (exact) mass is 285 g/mol. The lowest BCUT2D eigenvalue weighted by atomic mass is 10.1. The summed E-state index contributed by atoms with van der Waals surface area (Å²) in [6, 6.07) is 7.25. The first-order chi connectivity index (χ1) is 7.56. The molecule has 0 aromatic heterocycles. The third kappa shape index (κ3) is 3.32. The van der Waals surface area contributed by atoms with Crippen LogP contribution in [0.1, 0.15) is 31.9 Å². The van der Waals surface area contributed by atoms with Gasteiger partial charge >= 0.3 is 0 Å². The van der Waals surface area contributed by atoms with Gasteiger partial charge in [0.15, 0.2) is 0 Å². The van der Waals surface area contributed by atoms with E-state index in [1.54, 1.807) is 19.1 Å². The Morgan fingerprint density at radius 2 is 2.12 bits per heavy atom. The van der Waals surface area contributed by atoms with Gasteiger partial charge in [-0.3, -0.25) is 4.79 Å². The highest BCUT2D eigenvalue weighted by Crippen LogP contribution is 2.23. The Morgan fingerprint density at radius 3 is 2.69 bits per heavy atom. The van der Waals surface area contributed by atoms with E-state index in [0.717, 1.165) is 12.0 Å². The Hall–Kier alpha value is -0.870. The van der Waals surface area contributed by atoms with E-state index in [-0.39, 0.29) is 10.7 Å². The van der Waals surface area contributed by atoms with Crippen LogP contribution in [0.5, 0.6) is 0 Å². The van der Waals surface area contributed by atoms with Crippen LogP contribution in [0.3, 0.4) is 0 Å². The average molecular weight is 286 g/mol. The van der Waals surface area contributed by atoms with Gasteiger partial charge in [-0.1, -0.05) is 41.1 Å². The van der Waals surface area contributed by atoms with Gasteiger partial charge in [-0.2, -0.15) is 0 Å². The van der Waals surface area contributed by atoms with Crippen molar-refractivity contribution in [1.29, 1.82) is 0 Å². The van der Waals surface area contributed by atoms with Crippen LogP contribution in [0, 0.1) is 0 Å². The fraction of sp³-hybridized carbons (Fsp3) is 0.417. The molecule has 1 rings (SSSR count). The minimum atomic E-state index is -0.591. The number of benzene rings is 1. The highest BCUT2D eigenvalue weighted by atomic mass is 79.9. The summed E-state index contributed by atoms with van der Waals surface area (Å²) in [6.07, 6.45) is 0.134. The topological polar surface area (TPSA) is 49.3 Å². The van der Waals surface area contributed by atoms with Gasteiger partial charge in [0.05, 0.1) is 10.9 Å². The number of hydrogen-bond donors (Lipinski definition) is 2. The van der Waals surface area contributed by atoms with Crippen LogP contribution in [0.25, 0.3) is 0 Å². The lowest BCUT2D eigenvalue weighted by Gasteiger charge is -2.14. The van der Waals surface area contributed by atoms with Crippen LogP contribution < -0.4 is 5.32 Å². The first-order valence-electron chi connectivity index (χ1n) is 5.28. The molecule has 0 aliphatic rings. The summed E-state index contributed by atoms with van der Waals surface area (Å²) in [5, 5.41) is 12.3. The molecule has 1 aromatic rings. The van der Waals surface area contributed by atoms with E-state index < -0.39 is 6.10 Å². The number of anilines is 1. The Labute approximate surface area is 104 Å². The van der Waals surface area contributed by atoms with Crippen molar-refractivity contribution < 1.29 is 9.90 Å². The van der Waals surface area contributed by atoms with Crippen molar-refractivity contribution in [3.8, 4) is 0 Å². The Morgan fingerprint density at radius 1 is 1.50 bits per heavy atom. The van der Waals surface area contributed by atoms with Crippen molar-refractivity contribution in [1.82, 2.24) is 0 Å². The number of halogens is 1. The van der Waals surface area contributed by atoms with Crippen LogP contribution in [0.2, 0.25) is 0 Å². The molecule has 0 heterocycles. The van der Waals surface area contributed by atoms with Crippen molar-refractivity contribution >= 4 is 27.5 Å². The largest absolute Gasteiger partial charge is 0.389 e. The Bertz CT molecular complexity index is 366. The van der Waals surface area contributed by atoms with E-state index in [2.05, 4.69) is 21.2 Å². The van der Waals surface area contributed by atoms with Gasteiger partial charge in [-0.15, -0.1) is 0 Å². The molecule has 1 aromatic carbocycles. The minimum absolute atomic E-state index is 0.0874. The van der Waals surface area contributed by atoms with E-state index in [9.17, 15) is 9.90 Å². The zero-order valence-electron chi connectivity index (χ0n) is 9.40. The third-order valence-corrected chi connectivity index (χ3v) is 3.37. The molecule has 4 heteroatoms. The Kier molecular flexibility index (Phi) is 4.96. The minimum Gasteiger partial charge on any atom is -0.389 e. The number of carbonyl (C=O) groups is 1. The van der Waals surface area contributed by atoms with Gasteiger partial charge in [0, 0.05) is 11.3 Å². The van der Waals surface area contributed by atoms with E-state index in [0.29, 0.717) is 5.69 Å². The average Bonchev–Trinajstić information content (AvgIpc) is 2.28. The number of nitrogens with one attached hydrogen (secondary N) is 1. The summed E-state index contributed by atoms with van der Waals surface area (Å²) < 4.78 is 0. The molecule has 2 atom stereocenters. The molecule has 3 nitrogen and oxygen atoms in total. The van der Waals surface area contributed by atoms with Crippen molar-refractivity contribution in [3.05, 3.63) is 29.8 Å². The lowest BCUT2D eigenvalue weighted by Crippen LogP contribution is -2.22. The second-order valence-corrected chi connectivity index (χ2v) is 4.73. The highest BCUT2D eigenvalue weighted by molar-refractivity contribution is 9.10. The quantitative estimate of drug-likeness (QED) is 0.836. The molecule has 0 aliphatic heterocycles. The molecule has 0 saturated carbocycles. The molecule has 0 aliphatic carbocycles. The fourth-order valence-electron chi connectivity index (χ4n) is 1.37. The van der Waals surface area contributed by atoms with Crippen LogP contribution in [0.4, 0.5) is 5.69 Å². The first-order valence-corrected chi connectivity index (χ1v) is 6.19. The van der Waals surface area contributed by atoms with Crippen LogP contribution in [0.15, 0.2) is 24.3 Å². The highest BCUT2D eigenvalue weighted by Gasteiger charge is 2.15. The molecule has 0 saturated heterocycles. The summed E-state index contributed by atoms with van der Waals surface area (Å²) in [5.74, 6) is -0.0874. The number of carbonyl (C=O) groups excluding carboxylic acids is 1. The molecule has 2 unspecified atom stereocenters. The maximum absolute atomic E-state index is 11.7. The number of aliphatic hydroxyl groups excluding tert-OH is 1. The molecule has 2 N–H and O–H groups in total. The second kappa shape index (κ2) is 6.01. The number of alkyl halides is 1. The van der Waals surface area contributed by atoms with Crippen molar-refractivity contribution in [2.45, 2.75) is 31.2 Å². The number of aliphatic hydroxyl groups is 1. The fourth-order valence-corrected chi connectivity index (χ4v) is 1.49. The molecular weight excluding hydrogens is 270 g/mol.